The molecule has 0 amide bonds. The molecule has 0 atom stereocenters. The van der Waals surface area contributed by atoms with E-state index in [0.29, 0.717) is 0 Å². The van der Waals surface area contributed by atoms with Gasteiger partial charge in [-0.15, -0.1) is 11.8 Å². The smallest absolute Gasteiger partial charge is 0.122 e. The van der Waals surface area contributed by atoms with Crippen LogP contribution in [0, 0.1) is 11.3 Å². The van der Waals surface area contributed by atoms with Crippen molar-refractivity contribution >= 4 is 17.6 Å². The van der Waals surface area contributed by atoms with Gasteiger partial charge in [0.1, 0.15) is 5.84 Å². The summed E-state index contributed by atoms with van der Waals surface area (Å²) in [6.07, 6.45) is 0. The average Bonchev–Trinajstić information content (AvgIpc) is 2.29. The first kappa shape index (κ1) is 14.1. The molecule has 0 fully saturated rings. The summed E-state index contributed by atoms with van der Waals surface area (Å²) in [4.78, 5) is 0. The lowest BCUT2D eigenvalue weighted by Crippen LogP contribution is -2.14. The van der Waals surface area contributed by atoms with E-state index in [1.807, 2.05) is 36.0 Å². The van der Waals surface area contributed by atoms with Gasteiger partial charge in [0, 0.05) is 18.0 Å². The van der Waals surface area contributed by atoms with Gasteiger partial charge in [0.25, 0.3) is 0 Å². The molecular formula is C13H21N3S. The van der Waals surface area contributed by atoms with Gasteiger partial charge in [-0.25, -0.2) is 0 Å². The fourth-order valence-electron chi connectivity index (χ4n) is 1.36. The lowest BCUT2D eigenvalue weighted by Gasteiger charge is -2.07. The first-order valence-electron chi connectivity index (χ1n) is 5.81. The number of hydrogen-bond donors (Lipinski definition) is 3. The monoisotopic (exact) mass is 251 g/mol. The van der Waals surface area contributed by atoms with E-state index in [1.54, 1.807) is 0 Å². The minimum Gasteiger partial charge on any atom is -0.384 e. The molecule has 3 nitrogen and oxygen atoms in total. The van der Waals surface area contributed by atoms with Crippen LogP contribution >= 0.6 is 11.8 Å². The predicted octanol–water partition coefficient (Wildman–Crippen LogP) is 2.41. The minimum absolute atomic E-state index is 0.122. The molecule has 0 heterocycles. The Bertz CT molecular complexity index is 346. The highest BCUT2D eigenvalue weighted by atomic mass is 32.2. The Morgan fingerprint density at radius 1 is 1.35 bits per heavy atom. The molecule has 0 saturated carbocycles. The lowest BCUT2D eigenvalue weighted by atomic mass is 10.1. The third-order valence-electron chi connectivity index (χ3n) is 2.25. The molecule has 0 radical (unpaired) electrons. The van der Waals surface area contributed by atoms with Crippen LogP contribution in [-0.4, -0.2) is 17.5 Å². The van der Waals surface area contributed by atoms with Gasteiger partial charge in [-0.2, -0.15) is 0 Å². The third kappa shape index (κ3) is 5.75. The maximum absolute atomic E-state index is 7.30. The van der Waals surface area contributed by atoms with Gasteiger partial charge in [0.05, 0.1) is 0 Å². The number of hydrogen-bond acceptors (Lipinski definition) is 3. The number of thioether (sulfide) groups is 1. The Hall–Kier alpha value is -1.00. The summed E-state index contributed by atoms with van der Waals surface area (Å²) >= 11 is 1.92. The maximum Gasteiger partial charge on any atom is 0.122 e. The largest absolute Gasteiger partial charge is 0.384 e. The molecule has 0 spiro atoms. The molecule has 1 aromatic carbocycles. The molecule has 0 bridgehead atoms. The molecule has 0 unspecified atom stereocenters. The highest BCUT2D eigenvalue weighted by Crippen LogP contribution is 2.07. The molecule has 0 aromatic heterocycles. The molecule has 0 aliphatic carbocycles. The Labute approximate surface area is 108 Å². The van der Waals surface area contributed by atoms with Gasteiger partial charge >= 0.3 is 0 Å². The summed E-state index contributed by atoms with van der Waals surface area (Å²) in [5.74, 6) is 3.04. The Kier molecular flexibility index (Phi) is 6.08. The summed E-state index contributed by atoms with van der Waals surface area (Å²) < 4.78 is 0. The number of rotatable bonds is 7. The standard InChI is InChI=1S/C13H21N3S/c1-10(2)8-17-9-16-7-11-3-5-12(6-4-11)13(14)15/h3-6,10,16H,7-9H2,1-2H3,(H3,14,15). The maximum atomic E-state index is 7.30. The highest BCUT2D eigenvalue weighted by molar-refractivity contribution is 7.99. The van der Waals surface area contributed by atoms with E-state index in [9.17, 15) is 0 Å². The molecule has 17 heavy (non-hydrogen) atoms. The normalized spacial score (nSPS) is 10.8. The Morgan fingerprint density at radius 3 is 2.53 bits per heavy atom. The van der Waals surface area contributed by atoms with Gasteiger partial charge < -0.3 is 11.1 Å². The van der Waals surface area contributed by atoms with E-state index in [0.717, 1.165) is 23.9 Å². The molecular weight excluding hydrogens is 230 g/mol. The SMILES string of the molecule is CC(C)CSCNCc1ccc(C(=N)N)cc1. The third-order valence-corrected chi connectivity index (χ3v) is 3.56. The van der Waals surface area contributed by atoms with Crippen molar-refractivity contribution in [2.24, 2.45) is 11.7 Å². The summed E-state index contributed by atoms with van der Waals surface area (Å²) in [5.41, 5.74) is 7.40. The molecule has 0 aliphatic rings. The molecule has 94 valence electrons. The van der Waals surface area contributed by atoms with E-state index in [4.69, 9.17) is 11.1 Å². The van der Waals surface area contributed by atoms with E-state index < -0.39 is 0 Å². The minimum atomic E-state index is 0.122. The second-order valence-electron chi connectivity index (χ2n) is 4.45. The fraction of sp³-hybridized carbons (Fsp3) is 0.462. The van der Waals surface area contributed by atoms with Gasteiger partial charge in [0.2, 0.25) is 0 Å². The van der Waals surface area contributed by atoms with Crippen molar-refractivity contribution in [1.82, 2.24) is 5.32 Å². The van der Waals surface area contributed by atoms with Crippen molar-refractivity contribution in [3.8, 4) is 0 Å². The fourth-order valence-corrected chi connectivity index (χ4v) is 2.20. The van der Waals surface area contributed by atoms with Crippen LogP contribution in [0.5, 0.6) is 0 Å². The summed E-state index contributed by atoms with van der Waals surface area (Å²) in [5, 5.41) is 10.7. The molecule has 1 aromatic rings. The highest BCUT2D eigenvalue weighted by Gasteiger charge is 1.97. The Balaban J connectivity index is 2.25. The predicted molar refractivity (Wildman–Crippen MR) is 76.5 cm³/mol. The zero-order chi connectivity index (χ0) is 12.7. The lowest BCUT2D eigenvalue weighted by molar-refractivity contribution is 0.743. The van der Waals surface area contributed by atoms with Crippen molar-refractivity contribution < 1.29 is 0 Å². The van der Waals surface area contributed by atoms with Gasteiger partial charge in [-0.05, 0) is 17.2 Å². The van der Waals surface area contributed by atoms with Gasteiger partial charge in [-0.3, -0.25) is 5.41 Å². The van der Waals surface area contributed by atoms with Crippen LogP contribution in [0.1, 0.15) is 25.0 Å². The first-order chi connectivity index (χ1) is 8.09. The van der Waals surface area contributed by atoms with Crippen LogP contribution in [0.4, 0.5) is 0 Å². The molecule has 1 rings (SSSR count). The van der Waals surface area contributed by atoms with Gasteiger partial charge in [0.15, 0.2) is 0 Å². The van der Waals surface area contributed by atoms with Crippen LogP contribution in [0.3, 0.4) is 0 Å². The van der Waals surface area contributed by atoms with Crippen molar-refractivity contribution in [3.05, 3.63) is 35.4 Å². The zero-order valence-corrected chi connectivity index (χ0v) is 11.3. The van der Waals surface area contributed by atoms with Crippen LogP contribution in [-0.2, 0) is 6.54 Å². The molecule has 0 saturated heterocycles. The van der Waals surface area contributed by atoms with Crippen molar-refractivity contribution in [2.45, 2.75) is 20.4 Å². The van der Waals surface area contributed by atoms with E-state index in [-0.39, 0.29) is 5.84 Å². The number of nitrogen functional groups attached to an aromatic ring is 1. The first-order valence-corrected chi connectivity index (χ1v) is 6.97. The molecule has 0 aliphatic heterocycles. The molecule has 4 heteroatoms. The summed E-state index contributed by atoms with van der Waals surface area (Å²) in [7, 11) is 0. The summed E-state index contributed by atoms with van der Waals surface area (Å²) in [6, 6.07) is 7.80. The topological polar surface area (TPSA) is 61.9 Å². The van der Waals surface area contributed by atoms with Crippen molar-refractivity contribution in [2.75, 3.05) is 11.6 Å². The van der Waals surface area contributed by atoms with Crippen LogP contribution < -0.4 is 11.1 Å². The summed E-state index contributed by atoms with van der Waals surface area (Å²) in [6.45, 7) is 5.32. The van der Waals surface area contributed by atoms with Crippen LogP contribution in [0.25, 0.3) is 0 Å². The van der Waals surface area contributed by atoms with E-state index in [2.05, 4.69) is 19.2 Å². The average molecular weight is 251 g/mol. The quantitative estimate of drug-likeness (QED) is 0.302. The number of benzene rings is 1. The van der Waals surface area contributed by atoms with E-state index in [1.165, 1.54) is 11.3 Å². The zero-order valence-electron chi connectivity index (χ0n) is 10.5. The number of nitrogens with two attached hydrogens (primary N) is 1. The van der Waals surface area contributed by atoms with Crippen LogP contribution in [0.15, 0.2) is 24.3 Å². The Morgan fingerprint density at radius 2 is 2.00 bits per heavy atom. The van der Waals surface area contributed by atoms with Crippen molar-refractivity contribution in [1.29, 1.82) is 5.41 Å². The van der Waals surface area contributed by atoms with Crippen LogP contribution in [0.2, 0.25) is 0 Å². The second-order valence-corrected chi connectivity index (χ2v) is 5.48. The number of amidine groups is 1. The van der Waals surface area contributed by atoms with E-state index >= 15 is 0 Å². The molecule has 4 N–H and O–H groups in total. The van der Waals surface area contributed by atoms with Gasteiger partial charge in [-0.1, -0.05) is 38.1 Å². The second kappa shape index (κ2) is 7.35. The van der Waals surface area contributed by atoms with Crippen molar-refractivity contribution in [3.63, 3.8) is 0 Å². The number of nitrogens with one attached hydrogen (secondary N) is 2.